The summed E-state index contributed by atoms with van der Waals surface area (Å²) in [6.07, 6.45) is 6.58. The lowest BCUT2D eigenvalue weighted by Crippen LogP contribution is -2.33. The zero-order chi connectivity index (χ0) is 16.9. The summed E-state index contributed by atoms with van der Waals surface area (Å²) in [5, 5.41) is 5.42. The molecule has 3 aromatic rings. The second kappa shape index (κ2) is 5.61. The van der Waals surface area contributed by atoms with Gasteiger partial charge in [0.2, 0.25) is 0 Å². The molecule has 1 saturated carbocycles. The van der Waals surface area contributed by atoms with Gasteiger partial charge in [-0.05, 0) is 35.9 Å². The minimum absolute atomic E-state index is 0.0162. The minimum atomic E-state index is -0.107. The fourth-order valence-corrected chi connectivity index (χ4v) is 4.76. The number of hydrogen-bond donors (Lipinski definition) is 2. The number of hydrogen-bond acceptors (Lipinski definition) is 5. The van der Waals surface area contributed by atoms with Crippen LogP contribution < -0.4 is 10.9 Å². The Labute approximate surface area is 149 Å². The number of fused-ring (bicyclic) bond motifs is 1. The van der Waals surface area contributed by atoms with Crippen molar-refractivity contribution < 1.29 is 0 Å². The third-order valence-electron chi connectivity index (χ3n) is 5.21. The van der Waals surface area contributed by atoms with Crippen LogP contribution >= 0.6 is 11.3 Å². The van der Waals surface area contributed by atoms with Crippen LogP contribution in [0.1, 0.15) is 34.8 Å². The van der Waals surface area contributed by atoms with Crippen LogP contribution in [-0.4, -0.2) is 21.5 Å². The van der Waals surface area contributed by atoms with Crippen LogP contribution in [-0.2, 0) is 18.4 Å². The van der Waals surface area contributed by atoms with E-state index in [2.05, 4.69) is 32.8 Å². The van der Waals surface area contributed by atoms with E-state index in [1.54, 1.807) is 17.5 Å². The third kappa shape index (κ3) is 2.44. The molecular weight excluding hydrogens is 332 g/mol. The Bertz CT molecular complexity index is 988. The maximum absolute atomic E-state index is 12.5. The predicted molar refractivity (Wildman–Crippen MR) is 97.8 cm³/mol. The Hall–Kier alpha value is -2.31. The second-order valence-electron chi connectivity index (χ2n) is 6.79. The highest BCUT2D eigenvalue weighted by Crippen LogP contribution is 2.54. The normalized spacial score (nSPS) is 17.9. The monoisotopic (exact) mass is 350 g/mol. The highest BCUT2D eigenvalue weighted by Gasteiger charge is 2.49. The van der Waals surface area contributed by atoms with Gasteiger partial charge in [-0.3, -0.25) is 9.78 Å². The number of aromatic nitrogens is 3. The van der Waals surface area contributed by atoms with Crippen molar-refractivity contribution in [2.45, 2.75) is 31.2 Å². The molecule has 1 aliphatic carbocycles. The van der Waals surface area contributed by atoms with Crippen LogP contribution in [0.5, 0.6) is 0 Å². The Balaban J connectivity index is 1.56. The fourth-order valence-electron chi connectivity index (χ4n) is 3.58. The SMILES string of the molecule is O=c1[nH]c(C2(c3cc(-c4cccnc4)cs3)CC2)nc2c1CNCC2. The standard InChI is InChI=1S/C19H18N4OS/c24-17-14-10-21-7-3-15(14)22-18(23-17)19(4-5-19)16-8-13(11-25-16)12-2-1-6-20-9-12/h1-2,6,8-9,11,21H,3-5,7,10H2,(H,22,23,24). The van der Waals surface area contributed by atoms with E-state index in [0.717, 1.165) is 48.5 Å². The van der Waals surface area contributed by atoms with E-state index in [-0.39, 0.29) is 11.0 Å². The first-order valence-corrected chi connectivity index (χ1v) is 9.47. The highest BCUT2D eigenvalue weighted by atomic mass is 32.1. The second-order valence-corrected chi connectivity index (χ2v) is 7.70. The van der Waals surface area contributed by atoms with Crippen molar-refractivity contribution in [3.8, 4) is 11.1 Å². The molecule has 0 radical (unpaired) electrons. The van der Waals surface area contributed by atoms with Gasteiger partial charge < -0.3 is 10.3 Å². The number of nitrogens with zero attached hydrogens (tertiary/aromatic N) is 2. The van der Waals surface area contributed by atoms with Crippen molar-refractivity contribution >= 4 is 11.3 Å². The summed E-state index contributed by atoms with van der Waals surface area (Å²) in [5.74, 6) is 0.845. The van der Waals surface area contributed by atoms with Crippen LogP contribution in [0.25, 0.3) is 11.1 Å². The summed E-state index contributed by atoms with van der Waals surface area (Å²) >= 11 is 1.75. The number of thiophene rings is 1. The van der Waals surface area contributed by atoms with Crippen molar-refractivity contribution in [1.29, 1.82) is 0 Å². The van der Waals surface area contributed by atoms with Gasteiger partial charge in [0, 0.05) is 42.3 Å². The topological polar surface area (TPSA) is 70.7 Å². The van der Waals surface area contributed by atoms with E-state index in [1.807, 2.05) is 12.3 Å². The van der Waals surface area contributed by atoms with Gasteiger partial charge >= 0.3 is 0 Å². The van der Waals surface area contributed by atoms with Crippen molar-refractivity contribution in [2.75, 3.05) is 6.54 Å². The molecule has 3 aromatic heterocycles. The number of rotatable bonds is 3. The zero-order valence-corrected chi connectivity index (χ0v) is 14.5. The van der Waals surface area contributed by atoms with Gasteiger partial charge in [0.1, 0.15) is 5.82 Å². The van der Waals surface area contributed by atoms with Gasteiger partial charge in [0.05, 0.1) is 16.7 Å². The molecule has 2 N–H and O–H groups in total. The summed E-state index contributed by atoms with van der Waals surface area (Å²) in [6, 6.07) is 6.26. The van der Waals surface area contributed by atoms with Crippen LogP contribution in [0.3, 0.4) is 0 Å². The van der Waals surface area contributed by atoms with Crippen molar-refractivity contribution in [3.05, 3.63) is 68.3 Å². The number of nitrogens with one attached hydrogen (secondary N) is 2. The molecule has 25 heavy (non-hydrogen) atoms. The lowest BCUT2D eigenvalue weighted by molar-refractivity contribution is 0.605. The molecule has 4 heterocycles. The fraction of sp³-hybridized carbons (Fsp3) is 0.316. The molecule has 1 fully saturated rings. The number of aromatic amines is 1. The van der Waals surface area contributed by atoms with Crippen LogP contribution in [0, 0.1) is 0 Å². The largest absolute Gasteiger partial charge is 0.312 e. The van der Waals surface area contributed by atoms with Gasteiger partial charge in [-0.1, -0.05) is 6.07 Å². The molecule has 0 amide bonds. The summed E-state index contributed by atoms with van der Waals surface area (Å²) in [5.41, 5.74) is 3.98. The van der Waals surface area contributed by atoms with E-state index in [4.69, 9.17) is 4.98 Å². The van der Waals surface area contributed by atoms with Crippen molar-refractivity contribution in [2.24, 2.45) is 0 Å². The lowest BCUT2D eigenvalue weighted by atomic mass is 10.0. The smallest absolute Gasteiger partial charge is 0.255 e. The van der Waals surface area contributed by atoms with Crippen molar-refractivity contribution in [3.63, 3.8) is 0 Å². The Morgan fingerprint density at radius 3 is 2.96 bits per heavy atom. The Morgan fingerprint density at radius 2 is 2.16 bits per heavy atom. The Kier molecular flexibility index (Phi) is 3.36. The molecule has 0 saturated heterocycles. The first kappa shape index (κ1) is 15.0. The number of pyridine rings is 1. The van der Waals surface area contributed by atoms with E-state index >= 15 is 0 Å². The molecule has 1 aliphatic heterocycles. The van der Waals surface area contributed by atoms with Crippen molar-refractivity contribution in [1.82, 2.24) is 20.3 Å². The molecule has 5 nitrogen and oxygen atoms in total. The first-order chi connectivity index (χ1) is 12.3. The van der Waals surface area contributed by atoms with Crippen LogP contribution in [0.2, 0.25) is 0 Å². The van der Waals surface area contributed by atoms with Crippen LogP contribution in [0.15, 0.2) is 40.8 Å². The highest BCUT2D eigenvalue weighted by molar-refractivity contribution is 7.10. The molecule has 126 valence electrons. The minimum Gasteiger partial charge on any atom is -0.312 e. The van der Waals surface area contributed by atoms with E-state index in [1.165, 1.54) is 10.4 Å². The summed E-state index contributed by atoms with van der Waals surface area (Å²) in [6.45, 7) is 1.51. The summed E-state index contributed by atoms with van der Waals surface area (Å²) in [4.78, 5) is 25.9. The van der Waals surface area contributed by atoms with Gasteiger partial charge in [0.25, 0.3) is 5.56 Å². The molecule has 2 aliphatic rings. The molecule has 0 atom stereocenters. The average Bonchev–Trinajstić information content (AvgIpc) is 3.32. The van der Waals surface area contributed by atoms with Crippen LogP contribution in [0.4, 0.5) is 0 Å². The summed E-state index contributed by atoms with van der Waals surface area (Å²) < 4.78 is 0. The third-order valence-corrected chi connectivity index (χ3v) is 6.35. The van der Waals surface area contributed by atoms with Gasteiger partial charge in [-0.15, -0.1) is 11.3 Å². The zero-order valence-electron chi connectivity index (χ0n) is 13.7. The maximum Gasteiger partial charge on any atom is 0.255 e. The van der Waals surface area contributed by atoms with E-state index in [9.17, 15) is 4.79 Å². The molecule has 0 aromatic carbocycles. The van der Waals surface area contributed by atoms with Gasteiger partial charge in [0.15, 0.2) is 0 Å². The molecule has 5 rings (SSSR count). The molecule has 0 unspecified atom stereocenters. The lowest BCUT2D eigenvalue weighted by Gasteiger charge is -2.19. The molecule has 0 bridgehead atoms. The average molecular weight is 350 g/mol. The van der Waals surface area contributed by atoms with E-state index in [0.29, 0.717) is 6.54 Å². The molecule has 6 heteroatoms. The Morgan fingerprint density at radius 1 is 1.24 bits per heavy atom. The molecule has 0 spiro atoms. The molecular formula is C19H18N4OS. The maximum atomic E-state index is 12.5. The van der Waals surface area contributed by atoms with Gasteiger partial charge in [-0.2, -0.15) is 0 Å². The summed E-state index contributed by atoms with van der Waals surface area (Å²) in [7, 11) is 0. The van der Waals surface area contributed by atoms with Gasteiger partial charge in [-0.25, -0.2) is 4.98 Å². The number of H-pyrrole nitrogens is 1. The quantitative estimate of drug-likeness (QED) is 0.762. The first-order valence-electron chi connectivity index (χ1n) is 8.59. The van der Waals surface area contributed by atoms with E-state index < -0.39 is 0 Å². The predicted octanol–water partition coefficient (Wildman–Crippen LogP) is 2.62.